The molecular formula is C18H16N4O. The van der Waals surface area contributed by atoms with Crippen LogP contribution in [0.15, 0.2) is 50.8 Å². The van der Waals surface area contributed by atoms with Crippen molar-refractivity contribution in [3.8, 4) is 0 Å². The van der Waals surface area contributed by atoms with Crippen LogP contribution in [-0.4, -0.2) is 38.9 Å². The van der Waals surface area contributed by atoms with E-state index >= 15 is 0 Å². The van der Waals surface area contributed by atoms with Gasteiger partial charge in [-0.15, -0.1) is 0 Å². The second-order valence-corrected chi connectivity index (χ2v) is 5.83. The van der Waals surface area contributed by atoms with Gasteiger partial charge in [0.25, 0.3) is 0 Å². The quantitative estimate of drug-likeness (QED) is 0.730. The van der Waals surface area contributed by atoms with Crippen molar-refractivity contribution in [1.29, 1.82) is 0 Å². The highest BCUT2D eigenvalue weighted by molar-refractivity contribution is 6.17. The molecule has 0 amide bonds. The molecule has 0 fully saturated rings. The van der Waals surface area contributed by atoms with Crippen molar-refractivity contribution in [2.75, 3.05) is 36.0 Å². The third kappa shape index (κ3) is 1.86. The average Bonchev–Trinajstić information content (AvgIpc) is 3.33. The lowest BCUT2D eigenvalue weighted by Crippen LogP contribution is -2.25. The Kier molecular flexibility index (Phi) is 2.67. The van der Waals surface area contributed by atoms with Gasteiger partial charge >= 0.3 is 0 Å². The van der Waals surface area contributed by atoms with E-state index in [9.17, 15) is 0 Å². The van der Waals surface area contributed by atoms with Gasteiger partial charge in [-0.1, -0.05) is 18.2 Å². The van der Waals surface area contributed by atoms with Crippen molar-refractivity contribution >= 4 is 46.0 Å². The highest BCUT2D eigenvalue weighted by atomic mass is 16.3. The first-order valence-corrected chi connectivity index (χ1v) is 7.89. The molecule has 0 saturated heterocycles. The van der Waals surface area contributed by atoms with Crippen molar-refractivity contribution in [3.63, 3.8) is 0 Å². The summed E-state index contributed by atoms with van der Waals surface area (Å²) in [5.41, 5.74) is 4.18. The Morgan fingerprint density at radius 1 is 0.826 bits per heavy atom. The van der Waals surface area contributed by atoms with Crippen LogP contribution < -0.4 is 9.80 Å². The molecule has 2 aromatic carbocycles. The molecule has 0 radical (unpaired) electrons. The molecule has 0 aliphatic carbocycles. The molecule has 0 N–H and O–H groups in total. The molecule has 0 bridgehead atoms. The molecule has 5 rings (SSSR count). The van der Waals surface area contributed by atoms with E-state index in [1.165, 1.54) is 11.4 Å². The summed E-state index contributed by atoms with van der Waals surface area (Å²) in [4.78, 5) is 13.2. The van der Waals surface area contributed by atoms with E-state index in [0.29, 0.717) is 0 Å². The summed E-state index contributed by atoms with van der Waals surface area (Å²) in [7, 11) is 0. The van der Waals surface area contributed by atoms with Gasteiger partial charge in [0, 0.05) is 18.5 Å². The zero-order valence-electron chi connectivity index (χ0n) is 12.6. The SMILES string of the molecule is C1=NCCN1c1ccc2oc3ccccc3c2c1N1C=NCC1. The highest BCUT2D eigenvalue weighted by Gasteiger charge is 2.23. The Bertz CT molecular complexity index is 956. The number of hydrogen-bond donors (Lipinski definition) is 0. The number of anilines is 2. The van der Waals surface area contributed by atoms with Crippen molar-refractivity contribution in [2.24, 2.45) is 9.98 Å². The second-order valence-electron chi connectivity index (χ2n) is 5.83. The summed E-state index contributed by atoms with van der Waals surface area (Å²) < 4.78 is 6.05. The number of aliphatic imine (C=N–C) groups is 2. The maximum absolute atomic E-state index is 6.05. The fourth-order valence-electron chi connectivity index (χ4n) is 3.42. The minimum atomic E-state index is 0.833. The van der Waals surface area contributed by atoms with E-state index in [-0.39, 0.29) is 0 Å². The molecule has 0 saturated carbocycles. The molecule has 23 heavy (non-hydrogen) atoms. The number of benzene rings is 2. The number of furan rings is 1. The van der Waals surface area contributed by atoms with Crippen LogP contribution in [-0.2, 0) is 0 Å². The molecule has 3 aromatic rings. The Balaban J connectivity index is 1.86. The molecule has 2 aliphatic heterocycles. The Morgan fingerprint density at radius 2 is 1.61 bits per heavy atom. The van der Waals surface area contributed by atoms with Crippen molar-refractivity contribution in [1.82, 2.24) is 0 Å². The molecule has 3 heterocycles. The van der Waals surface area contributed by atoms with Crippen LogP contribution in [0, 0.1) is 0 Å². The van der Waals surface area contributed by atoms with Crippen LogP contribution in [0.2, 0.25) is 0 Å². The summed E-state index contributed by atoms with van der Waals surface area (Å²) in [6, 6.07) is 12.4. The largest absolute Gasteiger partial charge is 0.456 e. The van der Waals surface area contributed by atoms with Crippen molar-refractivity contribution < 1.29 is 4.42 Å². The van der Waals surface area contributed by atoms with Gasteiger partial charge in [0.1, 0.15) is 11.2 Å². The first-order valence-electron chi connectivity index (χ1n) is 7.89. The van der Waals surface area contributed by atoms with Crippen molar-refractivity contribution in [3.05, 3.63) is 36.4 Å². The zero-order valence-corrected chi connectivity index (χ0v) is 12.6. The molecule has 0 atom stereocenters. The lowest BCUT2D eigenvalue weighted by atomic mass is 10.1. The van der Waals surface area contributed by atoms with Gasteiger partial charge in [-0.2, -0.15) is 0 Å². The first-order chi connectivity index (χ1) is 11.4. The predicted octanol–water partition coefficient (Wildman–Crippen LogP) is 3.28. The van der Waals surface area contributed by atoms with E-state index in [1.807, 2.05) is 24.8 Å². The number of fused-ring (bicyclic) bond motifs is 3. The minimum Gasteiger partial charge on any atom is -0.456 e. The van der Waals surface area contributed by atoms with Crippen LogP contribution in [0.1, 0.15) is 0 Å². The summed E-state index contributed by atoms with van der Waals surface area (Å²) in [5, 5.41) is 2.31. The molecule has 114 valence electrons. The normalized spacial score (nSPS) is 17.2. The van der Waals surface area contributed by atoms with Crippen molar-refractivity contribution in [2.45, 2.75) is 0 Å². The van der Waals surface area contributed by atoms with Crippen LogP contribution >= 0.6 is 0 Å². The fourth-order valence-corrected chi connectivity index (χ4v) is 3.42. The van der Waals surface area contributed by atoms with Gasteiger partial charge in [0.2, 0.25) is 0 Å². The Morgan fingerprint density at radius 3 is 2.39 bits per heavy atom. The molecule has 5 heteroatoms. The smallest absolute Gasteiger partial charge is 0.137 e. The lowest BCUT2D eigenvalue weighted by molar-refractivity contribution is 0.669. The van der Waals surface area contributed by atoms with Gasteiger partial charge < -0.3 is 14.2 Å². The highest BCUT2D eigenvalue weighted by Crippen LogP contribution is 2.42. The lowest BCUT2D eigenvalue weighted by Gasteiger charge is -2.24. The van der Waals surface area contributed by atoms with E-state index < -0.39 is 0 Å². The van der Waals surface area contributed by atoms with Gasteiger partial charge in [-0.05, 0) is 18.2 Å². The Labute approximate surface area is 133 Å². The minimum absolute atomic E-state index is 0.833. The molecule has 0 spiro atoms. The first kappa shape index (κ1) is 12.7. The third-order valence-corrected chi connectivity index (χ3v) is 4.47. The van der Waals surface area contributed by atoms with Gasteiger partial charge in [0.05, 0.1) is 42.5 Å². The van der Waals surface area contributed by atoms with E-state index in [4.69, 9.17) is 4.42 Å². The molecular weight excluding hydrogens is 288 g/mol. The molecule has 0 unspecified atom stereocenters. The van der Waals surface area contributed by atoms with E-state index in [0.717, 1.165) is 48.1 Å². The van der Waals surface area contributed by atoms with Gasteiger partial charge in [0.15, 0.2) is 0 Å². The van der Waals surface area contributed by atoms with E-state index in [2.05, 4.69) is 44.1 Å². The third-order valence-electron chi connectivity index (χ3n) is 4.47. The van der Waals surface area contributed by atoms with E-state index in [1.54, 1.807) is 0 Å². The van der Waals surface area contributed by atoms with Crippen LogP contribution in [0.3, 0.4) is 0 Å². The molecule has 1 aromatic heterocycles. The number of para-hydroxylation sites is 1. The average molecular weight is 304 g/mol. The predicted molar refractivity (Wildman–Crippen MR) is 95.1 cm³/mol. The Hall–Kier alpha value is -2.82. The summed E-state index contributed by atoms with van der Waals surface area (Å²) in [6.45, 7) is 3.49. The monoisotopic (exact) mass is 304 g/mol. The van der Waals surface area contributed by atoms with Crippen LogP contribution in [0.4, 0.5) is 11.4 Å². The maximum Gasteiger partial charge on any atom is 0.137 e. The topological polar surface area (TPSA) is 44.3 Å². The molecule has 2 aliphatic rings. The van der Waals surface area contributed by atoms with Gasteiger partial charge in [-0.25, -0.2) is 0 Å². The second kappa shape index (κ2) is 4.84. The maximum atomic E-state index is 6.05. The standard InChI is InChI=1S/C18H16N4O/c1-2-4-15-13(3-1)17-16(23-15)6-5-14(21-9-7-19-11-21)18(17)22-10-8-20-12-22/h1-6,11-12H,7-10H2. The van der Waals surface area contributed by atoms with Crippen LogP contribution in [0.25, 0.3) is 21.9 Å². The summed E-state index contributed by atoms with van der Waals surface area (Å²) in [5.74, 6) is 0. The number of nitrogens with zero attached hydrogens (tertiary/aromatic N) is 4. The van der Waals surface area contributed by atoms with Gasteiger partial charge in [-0.3, -0.25) is 9.98 Å². The van der Waals surface area contributed by atoms with Crippen LogP contribution in [0.5, 0.6) is 0 Å². The zero-order chi connectivity index (χ0) is 15.2. The number of hydrogen-bond acceptors (Lipinski definition) is 5. The summed E-state index contributed by atoms with van der Waals surface area (Å²) >= 11 is 0. The fraction of sp³-hybridized carbons (Fsp3) is 0.222. The number of rotatable bonds is 2. The summed E-state index contributed by atoms with van der Waals surface area (Å²) in [6.07, 6.45) is 3.87. The molecule has 5 nitrogen and oxygen atoms in total.